The van der Waals surface area contributed by atoms with E-state index in [9.17, 15) is 13.2 Å². The monoisotopic (exact) mass is 235 g/mol. The third-order valence-corrected chi connectivity index (χ3v) is 2.06. The van der Waals surface area contributed by atoms with Crippen molar-refractivity contribution in [1.29, 1.82) is 0 Å². The summed E-state index contributed by atoms with van der Waals surface area (Å²) < 4.78 is 35.7. The zero-order valence-corrected chi connectivity index (χ0v) is 8.52. The molecule has 1 aromatic carbocycles. The van der Waals surface area contributed by atoms with Crippen LogP contribution in [-0.2, 0) is 6.42 Å². The van der Waals surface area contributed by atoms with Crippen LogP contribution in [0.3, 0.4) is 0 Å². The zero-order chi connectivity index (χ0) is 11.3. The molecule has 82 valence electrons. The van der Waals surface area contributed by atoms with E-state index < -0.39 is 11.3 Å². The van der Waals surface area contributed by atoms with E-state index in [0.717, 1.165) is 5.56 Å². The molecule has 0 aromatic heterocycles. The van der Waals surface area contributed by atoms with Crippen LogP contribution < -0.4 is 0 Å². The molecule has 15 heavy (non-hydrogen) atoms. The van der Waals surface area contributed by atoms with Crippen LogP contribution in [0.25, 0.3) is 0 Å². The first-order valence-corrected chi connectivity index (χ1v) is 4.69. The lowest BCUT2D eigenvalue weighted by molar-refractivity contribution is -0.0560. The van der Waals surface area contributed by atoms with Gasteiger partial charge in [-0.15, -0.1) is 0 Å². The minimum atomic E-state index is -4.53. The number of aliphatic imine (C=N–C) groups is 1. The Balaban J connectivity index is 2.46. The molecule has 0 aliphatic carbocycles. The van der Waals surface area contributed by atoms with Gasteiger partial charge in [-0.05, 0) is 12.0 Å². The minimum Gasteiger partial charge on any atom is -0.269 e. The van der Waals surface area contributed by atoms with Crippen molar-refractivity contribution >= 4 is 16.8 Å². The zero-order valence-electron chi connectivity index (χ0n) is 7.76. The summed E-state index contributed by atoms with van der Waals surface area (Å²) in [5, 5.41) is -1.29. The maximum absolute atomic E-state index is 11.9. The van der Waals surface area contributed by atoms with Crippen molar-refractivity contribution in [2.75, 3.05) is 6.54 Å². The van der Waals surface area contributed by atoms with Crippen molar-refractivity contribution in [2.45, 2.75) is 12.6 Å². The van der Waals surface area contributed by atoms with Gasteiger partial charge in [0.15, 0.2) is 0 Å². The predicted octanol–water partition coefficient (Wildman–Crippen LogP) is 3.43. The van der Waals surface area contributed by atoms with Crippen LogP contribution in [-0.4, -0.2) is 17.9 Å². The van der Waals surface area contributed by atoms with Gasteiger partial charge in [-0.25, -0.2) is 0 Å². The van der Waals surface area contributed by atoms with Crippen LogP contribution in [0.15, 0.2) is 35.3 Å². The molecule has 0 N–H and O–H groups in total. The van der Waals surface area contributed by atoms with Crippen molar-refractivity contribution in [3.05, 3.63) is 35.9 Å². The molecular weight excluding hydrogens is 227 g/mol. The highest BCUT2D eigenvalue weighted by Crippen LogP contribution is 2.19. The number of benzene rings is 1. The number of rotatable bonds is 3. The summed E-state index contributed by atoms with van der Waals surface area (Å²) in [6.07, 6.45) is -4.08. The molecule has 0 fully saturated rings. The average molecular weight is 236 g/mol. The lowest BCUT2D eigenvalue weighted by Crippen LogP contribution is -2.17. The normalized spacial score (nSPS) is 12.9. The molecule has 0 spiro atoms. The molecule has 1 rings (SSSR count). The Morgan fingerprint density at radius 3 is 2.33 bits per heavy atom. The van der Waals surface area contributed by atoms with Crippen LogP contribution in [0.5, 0.6) is 0 Å². The molecule has 1 nitrogen and oxygen atoms in total. The van der Waals surface area contributed by atoms with Gasteiger partial charge in [0.25, 0.3) is 0 Å². The maximum Gasteiger partial charge on any atom is 0.444 e. The highest BCUT2D eigenvalue weighted by atomic mass is 35.5. The first kappa shape index (κ1) is 12.0. The van der Waals surface area contributed by atoms with Crippen molar-refractivity contribution < 1.29 is 13.2 Å². The fourth-order valence-corrected chi connectivity index (χ4v) is 1.10. The summed E-state index contributed by atoms with van der Waals surface area (Å²) >= 11 is 4.95. The molecule has 0 radical (unpaired) electrons. The van der Waals surface area contributed by atoms with Gasteiger partial charge >= 0.3 is 6.18 Å². The molecule has 0 bridgehead atoms. The third-order valence-electron chi connectivity index (χ3n) is 1.73. The first-order chi connectivity index (χ1) is 7.00. The molecule has 0 atom stereocenters. The smallest absolute Gasteiger partial charge is 0.269 e. The molecule has 0 amide bonds. The molecule has 0 aliphatic rings. The van der Waals surface area contributed by atoms with Gasteiger partial charge < -0.3 is 0 Å². The van der Waals surface area contributed by atoms with Crippen LogP contribution in [0.1, 0.15) is 5.56 Å². The average Bonchev–Trinajstić information content (AvgIpc) is 2.18. The lowest BCUT2D eigenvalue weighted by Gasteiger charge is -2.03. The third kappa shape index (κ3) is 4.34. The molecule has 0 saturated carbocycles. The lowest BCUT2D eigenvalue weighted by atomic mass is 10.2. The Morgan fingerprint density at radius 2 is 1.80 bits per heavy atom. The van der Waals surface area contributed by atoms with Gasteiger partial charge in [-0.1, -0.05) is 41.9 Å². The van der Waals surface area contributed by atoms with E-state index in [-0.39, 0.29) is 6.54 Å². The fourth-order valence-electron chi connectivity index (χ4n) is 1.02. The second kappa shape index (κ2) is 5.16. The summed E-state index contributed by atoms with van der Waals surface area (Å²) in [4.78, 5) is 3.25. The van der Waals surface area contributed by atoms with Gasteiger partial charge in [-0.2, -0.15) is 13.2 Å². The van der Waals surface area contributed by atoms with E-state index in [1.807, 2.05) is 30.3 Å². The fraction of sp³-hybridized carbons (Fsp3) is 0.300. The van der Waals surface area contributed by atoms with Crippen LogP contribution in [0.4, 0.5) is 13.2 Å². The molecule has 1 aromatic rings. The summed E-state index contributed by atoms with van der Waals surface area (Å²) in [5.41, 5.74) is 0.938. The van der Waals surface area contributed by atoms with E-state index in [1.165, 1.54) is 0 Å². The van der Waals surface area contributed by atoms with E-state index in [1.54, 1.807) is 0 Å². The molecule has 0 saturated heterocycles. The van der Waals surface area contributed by atoms with E-state index in [0.29, 0.717) is 6.42 Å². The second-order valence-electron chi connectivity index (χ2n) is 2.91. The molecule has 0 unspecified atom stereocenters. The first-order valence-electron chi connectivity index (χ1n) is 4.31. The molecular formula is C10H9ClF3N. The van der Waals surface area contributed by atoms with Gasteiger partial charge in [0, 0.05) is 6.54 Å². The van der Waals surface area contributed by atoms with Crippen molar-refractivity contribution in [1.82, 2.24) is 0 Å². The standard InChI is InChI=1S/C10H9ClF3N/c11-9(10(12,13)14)15-7-6-8-4-2-1-3-5-8/h1-5H,6-7H2. The number of hydrogen-bond acceptors (Lipinski definition) is 1. The number of nitrogens with zero attached hydrogens (tertiary/aromatic N) is 1. The largest absolute Gasteiger partial charge is 0.444 e. The predicted molar refractivity (Wildman–Crippen MR) is 54.4 cm³/mol. The highest BCUT2D eigenvalue weighted by molar-refractivity contribution is 6.66. The van der Waals surface area contributed by atoms with Gasteiger partial charge in [0.05, 0.1) is 0 Å². The quantitative estimate of drug-likeness (QED) is 0.712. The summed E-state index contributed by atoms with van der Waals surface area (Å²) in [6, 6.07) is 9.15. The summed E-state index contributed by atoms with van der Waals surface area (Å²) in [7, 11) is 0. The van der Waals surface area contributed by atoms with E-state index in [2.05, 4.69) is 4.99 Å². The van der Waals surface area contributed by atoms with Crippen molar-refractivity contribution in [2.24, 2.45) is 4.99 Å². The van der Waals surface area contributed by atoms with Gasteiger partial charge in [-0.3, -0.25) is 4.99 Å². The number of halogens is 4. The van der Waals surface area contributed by atoms with Gasteiger partial charge in [0.2, 0.25) is 5.17 Å². The Morgan fingerprint density at radius 1 is 1.20 bits per heavy atom. The molecule has 0 aliphatic heterocycles. The number of hydrogen-bond donors (Lipinski definition) is 0. The van der Waals surface area contributed by atoms with Gasteiger partial charge in [0.1, 0.15) is 0 Å². The highest BCUT2D eigenvalue weighted by Gasteiger charge is 2.33. The Bertz CT molecular complexity index is 332. The number of alkyl halides is 3. The minimum absolute atomic E-state index is 0.0440. The topological polar surface area (TPSA) is 12.4 Å². The second-order valence-corrected chi connectivity index (χ2v) is 3.26. The van der Waals surface area contributed by atoms with E-state index in [4.69, 9.17) is 11.6 Å². The van der Waals surface area contributed by atoms with E-state index >= 15 is 0 Å². The van der Waals surface area contributed by atoms with Crippen molar-refractivity contribution in [3.8, 4) is 0 Å². The summed E-state index contributed by atoms with van der Waals surface area (Å²) in [5.74, 6) is 0. The summed E-state index contributed by atoms with van der Waals surface area (Å²) in [6.45, 7) is 0.0440. The Hall–Kier alpha value is -1.03. The molecule has 0 heterocycles. The van der Waals surface area contributed by atoms with Crippen molar-refractivity contribution in [3.63, 3.8) is 0 Å². The Labute approximate surface area is 90.6 Å². The van der Waals surface area contributed by atoms with Crippen LogP contribution in [0.2, 0.25) is 0 Å². The molecule has 5 heteroatoms. The Kier molecular flexibility index (Phi) is 4.15. The van der Waals surface area contributed by atoms with Crippen LogP contribution >= 0.6 is 11.6 Å². The van der Waals surface area contributed by atoms with Crippen LogP contribution in [0, 0.1) is 0 Å². The maximum atomic E-state index is 11.9. The SMILES string of the molecule is FC(F)(F)C(Cl)=NCCc1ccccc1.